The van der Waals surface area contributed by atoms with Crippen LogP contribution in [0.5, 0.6) is 0 Å². The van der Waals surface area contributed by atoms with E-state index in [1.54, 1.807) is 5.57 Å². The van der Waals surface area contributed by atoms with Crippen molar-refractivity contribution in [3.63, 3.8) is 0 Å². The highest BCUT2D eigenvalue weighted by atomic mass is 35.5. The summed E-state index contributed by atoms with van der Waals surface area (Å²) in [4.78, 5) is 0. The first-order chi connectivity index (χ1) is 6.54. The average molecular weight is 213 g/mol. The zero-order valence-corrected chi connectivity index (χ0v) is 10.3. The van der Waals surface area contributed by atoms with Gasteiger partial charge < -0.3 is 0 Å². The summed E-state index contributed by atoms with van der Waals surface area (Å²) in [5, 5.41) is 0.398. The molecular weight excluding hydrogens is 192 g/mol. The number of alkyl halides is 1. The van der Waals surface area contributed by atoms with Crippen LogP contribution in [0.4, 0.5) is 0 Å². The van der Waals surface area contributed by atoms with E-state index >= 15 is 0 Å². The summed E-state index contributed by atoms with van der Waals surface area (Å²) in [6.07, 6.45) is 7.36. The molecule has 14 heavy (non-hydrogen) atoms. The van der Waals surface area contributed by atoms with Gasteiger partial charge in [-0.1, -0.05) is 32.4 Å². The molecule has 1 saturated carbocycles. The van der Waals surface area contributed by atoms with Crippen LogP contribution in [0.2, 0.25) is 0 Å². The maximum absolute atomic E-state index is 6.24. The minimum atomic E-state index is 0.398. The van der Waals surface area contributed by atoms with E-state index in [1.165, 1.54) is 19.3 Å². The van der Waals surface area contributed by atoms with Gasteiger partial charge in [0.1, 0.15) is 0 Å². The molecule has 0 heterocycles. The van der Waals surface area contributed by atoms with Gasteiger partial charge in [-0.2, -0.15) is 0 Å². The zero-order chi connectivity index (χ0) is 10.3. The van der Waals surface area contributed by atoms with Crippen LogP contribution in [0.15, 0.2) is 11.6 Å². The largest absolute Gasteiger partial charge is 0.123 e. The molecule has 0 bridgehead atoms. The molecule has 0 saturated heterocycles. The van der Waals surface area contributed by atoms with Crippen LogP contribution in [0.25, 0.3) is 0 Å². The molecule has 0 spiro atoms. The van der Waals surface area contributed by atoms with Gasteiger partial charge >= 0.3 is 0 Å². The van der Waals surface area contributed by atoms with Crippen LogP contribution in [0, 0.1) is 17.3 Å². The van der Waals surface area contributed by atoms with Crippen LogP contribution >= 0.6 is 11.6 Å². The fourth-order valence-corrected chi connectivity index (χ4v) is 3.46. The Bertz CT molecular complexity index is 256. The van der Waals surface area contributed by atoms with E-state index in [0.717, 1.165) is 18.3 Å². The molecule has 0 unspecified atom stereocenters. The van der Waals surface area contributed by atoms with Crippen LogP contribution in [0.3, 0.4) is 0 Å². The number of fused-ring (bicyclic) bond motifs is 1. The van der Waals surface area contributed by atoms with E-state index in [0.29, 0.717) is 10.8 Å². The number of allylic oxidation sites excluding steroid dienone is 2. The molecule has 1 heteroatoms. The summed E-state index contributed by atoms with van der Waals surface area (Å²) < 4.78 is 0. The molecule has 0 aromatic heterocycles. The Hall–Kier alpha value is 0.0300. The minimum absolute atomic E-state index is 0.398. The van der Waals surface area contributed by atoms with E-state index in [1.807, 2.05) is 0 Å². The second-order valence-corrected chi connectivity index (χ2v) is 6.11. The maximum atomic E-state index is 6.24. The Morgan fingerprint density at radius 1 is 1.43 bits per heavy atom. The highest BCUT2D eigenvalue weighted by molar-refractivity contribution is 6.20. The lowest BCUT2D eigenvalue weighted by Crippen LogP contribution is -2.39. The third-order valence-corrected chi connectivity index (χ3v) is 5.12. The first kappa shape index (κ1) is 10.5. The van der Waals surface area contributed by atoms with Crippen LogP contribution < -0.4 is 0 Å². The van der Waals surface area contributed by atoms with Gasteiger partial charge in [-0.3, -0.25) is 0 Å². The van der Waals surface area contributed by atoms with Crippen molar-refractivity contribution in [1.82, 2.24) is 0 Å². The Morgan fingerprint density at radius 3 is 2.86 bits per heavy atom. The summed E-state index contributed by atoms with van der Waals surface area (Å²) in [5.41, 5.74) is 2.11. The highest BCUT2D eigenvalue weighted by Crippen LogP contribution is 2.52. The van der Waals surface area contributed by atoms with E-state index < -0.39 is 0 Å². The molecule has 0 aromatic carbocycles. The smallest absolute Gasteiger partial charge is 0.0373 e. The highest BCUT2D eigenvalue weighted by Gasteiger charge is 2.42. The van der Waals surface area contributed by atoms with E-state index in [-0.39, 0.29) is 0 Å². The Morgan fingerprint density at radius 2 is 2.14 bits per heavy atom. The molecule has 0 N–H and O–H groups in total. The lowest BCUT2D eigenvalue weighted by Gasteiger charge is -2.48. The van der Waals surface area contributed by atoms with Gasteiger partial charge in [0.15, 0.2) is 0 Å². The summed E-state index contributed by atoms with van der Waals surface area (Å²) in [6, 6.07) is 0. The molecule has 2 aliphatic rings. The number of hydrogen-bond acceptors (Lipinski definition) is 0. The molecule has 2 aliphatic carbocycles. The molecule has 2 rings (SSSR count). The van der Waals surface area contributed by atoms with Crippen molar-refractivity contribution in [2.45, 2.75) is 51.8 Å². The second-order valence-electron chi connectivity index (χ2n) is 5.49. The summed E-state index contributed by atoms with van der Waals surface area (Å²) in [5.74, 6) is 1.67. The van der Waals surface area contributed by atoms with Crippen molar-refractivity contribution in [3.8, 4) is 0 Å². The molecule has 80 valence electrons. The lowest BCUT2D eigenvalue weighted by atomic mass is 9.58. The quantitative estimate of drug-likeness (QED) is 0.413. The molecule has 0 aliphatic heterocycles. The predicted octanol–water partition coefficient (Wildman–Crippen LogP) is 4.39. The summed E-state index contributed by atoms with van der Waals surface area (Å²) >= 11 is 6.24. The van der Waals surface area contributed by atoms with Crippen LogP contribution in [0.1, 0.15) is 46.5 Å². The maximum Gasteiger partial charge on any atom is 0.0373 e. The Balaban J connectivity index is 2.28. The van der Waals surface area contributed by atoms with Crippen molar-refractivity contribution in [2.75, 3.05) is 0 Å². The number of hydrogen-bond donors (Lipinski definition) is 0. The van der Waals surface area contributed by atoms with Crippen molar-refractivity contribution in [1.29, 1.82) is 0 Å². The first-order valence-corrected chi connectivity index (χ1v) is 6.31. The fourth-order valence-electron chi connectivity index (χ4n) is 3.19. The van der Waals surface area contributed by atoms with Crippen LogP contribution in [-0.2, 0) is 0 Å². The molecule has 0 amide bonds. The van der Waals surface area contributed by atoms with Gasteiger partial charge in [-0.05, 0) is 42.9 Å². The molecular formula is C13H21Cl. The first-order valence-electron chi connectivity index (χ1n) is 5.87. The second kappa shape index (κ2) is 3.56. The predicted molar refractivity (Wildman–Crippen MR) is 62.6 cm³/mol. The minimum Gasteiger partial charge on any atom is -0.123 e. The van der Waals surface area contributed by atoms with Crippen molar-refractivity contribution in [3.05, 3.63) is 11.6 Å². The summed E-state index contributed by atoms with van der Waals surface area (Å²) in [6.45, 7) is 7.25. The molecule has 0 nitrogen and oxygen atoms in total. The van der Waals surface area contributed by atoms with Gasteiger partial charge in [-0.15, -0.1) is 11.6 Å². The van der Waals surface area contributed by atoms with Gasteiger partial charge in [0.25, 0.3) is 0 Å². The normalized spacial score (nSPS) is 48.3. The van der Waals surface area contributed by atoms with Crippen LogP contribution in [-0.4, -0.2) is 5.38 Å². The van der Waals surface area contributed by atoms with Gasteiger partial charge in [0, 0.05) is 5.38 Å². The van der Waals surface area contributed by atoms with Gasteiger partial charge in [-0.25, -0.2) is 0 Å². The lowest BCUT2D eigenvalue weighted by molar-refractivity contribution is 0.134. The number of halogens is 1. The Kier molecular flexibility index (Phi) is 2.68. The zero-order valence-electron chi connectivity index (χ0n) is 9.52. The third-order valence-electron chi connectivity index (χ3n) is 4.75. The van der Waals surface area contributed by atoms with Crippen molar-refractivity contribution in [2.24, 2.45) is 17.3 Å². The van der Waals surface area contributed by atoms with Crippen molar-refractivity contribution >= 4 is 11.6 Å². The average Bonchev–Trinajstić information content (AvgIpc) is 2.16. The molecule has 0 aromatic rings. The standard InChI is InChI=1S/C13H21Cl/c1-9-4-5-11-8-12(14)6-7-13(11,3)10(9)2/h5,9-10,12H,4,6-8H2,1-3H3/t9-,10+,12-,13-/m1/s1. The fraction of sp³-hybridized carbons (Fsp3) is 0.846. The van der Waals surface area contributed by atoms with Gasteiger partial charge in [0.05, 0.1) is 0 Å². The van der Waals surface area contributed by atoms with E-state index in [4.69, 9.17) is 11.6 Å². The topological polar surface area (TPSA) is 0 Å². The molecule has 1 fully saturated rings. The molecule has 0 radical (unpaired) electrons. The summed E-state index contributed by atoms with van der Waals surface area (Å²) in [7, 11) is 0. The van der Waals surface area contributed by atoms with Crippen molar-refractivity contribution < 1.29 is 0 Å². The SMILES string of the molecule is C[C@@H]1CC=C2C[C@H](Cl)CC[C@]2(C)[C@H]1C. The Labute approximate surface area is 92.7 Å². The third kappa shape index (κ3) is 1.52. The molecule has 4 atom stereocenters. The number of rotatable bonds is 0. The monoisotopic (exact) mass is 212 g/mol. The van der Waals surface area contributed by atoms with Gasteiger partial charge in [0.2, 0.25) is 0 Å². The van der Waals surface area contributed by atoms with E-state index in [2.05, 4.69) is 26.8 Å². The van der Waals surface area contributed by atoms with E-state index in [9.17, 15) is 0 Å².